The lowest BCUT2D eigenvalue weighted by Gasteiger charge is -2.13. The molecule has 3 N–H and O–H groups in total. The monoisotopic (exact) mass is 268 g/mol. The van der Waals surface area contributed by atoms with E-state index in [4.69, 9.17) is 10.6 Å². The molecule has 0 saturated heterocycles. The Balaban J connectivity index is 2.17. The maximum absolute atomic E-state index is 13.1. The molecule has 0 fully saturated rings. The van der Waals surface area contributed by atoms with Crippen LogP contribution in [0.15, 0.2) is 24.3 Å². The van der Waals surface area contributed by atoms with Gasteiger partial charge in [-0.05, 0) is 36.1 Å². The Kier molecular flexibility index (Phi) is 4.66. The molecule has 5 heteroatoms. The number of hydrazine groups is 1. The van der Waals surface area contributed by atoms with Crippen molar-refractivity contribution < 1.29 is 9.13 Å². The number of hydrogen-bond acceptors (Lipinski definition) is 4. The molecule has 1 aromatic heterocycles. The molecule has 1 heterocycles. The Labute approximate surface area is 110 Å². The van der Waals surface area contributed by atoms with Gasteiger partial charge in [-0.25, -0.2) is 9.82 Å². The number of thiophene rings is 1. The van der Waals surface area contributed by atoms with E-state index in [2.05, 4.69) is 12.3 Å². The lowest BCUT2D eigenvalue weighted by atomic mass is 10.2. The first-order chi connectivity index (χ1) is 8.74. The number of fused-ring (bicyclic) bond motifs is 1. The van der Waals surface area contributed by atoms with Gasteiger partial charge in [-0.3, -0.25) is 5.84 Å². The van der Waals surface area contributed by atoms with Gasteiger partial charge in [-0.1, -0.05) is 6.92 Å². The van der Waals surface area contributed by atoms with Crippen molar-refractivity contribution >= 4 is 21.4 Å². The summed E-state index contributed by atoms with van der Waals surface area (Å²) in [6.45, 7) is 3.31. The highest BCUT2D eigenvalue weighted by Crippen LogP contribution is 2.30. The summed E-state index contributed by atoms with van der Waals surface area (Å²) < 4.78 is 19.7. The summed E-state index contributed by atoms with van der Waals surface area (Å²) in [5.41, 5.74) is 2.74. The molecule has 0 bridgehead atoms. The predicted octanol–water partition coefficient (Wildman–Crippen LogP) is 2.97. The van der Waals surface area contributed by atoms with E-state index in [1.165, 1.54) is 12.1 Å². The summed E-state index contributed by atoms with van der Waals surface area (Å²) in [4.78, 5) is 1.06. The molecule has 2 rings (SSSR count). The SMILES string of the molecule is CCCOCC(NN)c1cc2cc(F)ccc2s1. The molecule has 3 nitrogen and oxygen atoms in total. The Hall–Kier alpha value is -1.01. The topological polar surface area (TPSA) is 47.3 Å². The highest BCUT2D eigenvalue weighted by molar-refractivity contribution is 7.19. The number of hydrogen-bond donors (Lipinski definition) is 2. The zero-order valence-electron chi connectivity index (χ0n) is 10.3. The van der Waals surface area contributed by atoms with E-state index in [-0.39, 0.29) is 11.9 Å². The normalized spacial score (nSPS) is 13.1. The van der Waals surface area contributed by atoms with Crippen LogP contribution in [0.25, 0.3) is 10.1 Å². The number of nitrogens with two attached hydrogens (primary N) is 1. The van der Waals surface area contributed by atoms with Crippen molar-refractivity contribution in [3.05, 3.63) is 35.0 Å². The van der Waals surface area contributed by atoms with Crippen LogP contribution in [0.5, 0.6) is 0 Å². The largest absolute Gasteiger partial charge is 0.379 e. The van der Waals surface area contributed by atoms with Crippen LogP contribution in [0.3, 0.4) is 0 Å². The first-order valence-electron chi connectivity index (χ1n) is 5.97. The van der Waals surface area contributed by atoms with E-state index in [9.17, 15) is 4.39 Å². The van der Waals surface area contributed by atoms with E-state index in [0.29, 0.717) is 6.61 Å². The molecule has 18 heavy (non-hydrogen) atoms. The summed E-state index contributed by atoms with van der Waals surface area (Å²) in [6, 6.07) is 6.72. The Morgan fingerprint density at radius 2 is 2.28 bits per heavy atom. The van der Waals surface area contributed by atoms with E-state index in [0.717, 1.165) is 28.0 Å². The van der Waals surface area contributed by atoms with Gasteiger partial charge in [-0.2, -0.15) is 0 Å². The van der Waals surface area contributed by atoms with Gasteiger partial charge in [0.1, 0.15) is 5.82 Å². The second-order valence-corrected chi connectivity index (χ2v) is 5.24. The quantitative estimate of drug-likeness (QED) is 0.481. The molecular weight excluding hydrogens is 251 g/mol. The van der Waals surface area contributed by atoms with Crippen LogP contribution in [0.1, 0.15) is 24.3 Å². The molecule has 0 aliphatic rings. The smallest absolute Gasteiger partial charge is 0.123 e. The summed E-state index contributed by atoms with van der Waals surface area (Å²) in [6.07, 6.45) is 0.981. The summed E-state index contributed by atoms with van der Waals surface area (Å²) in [7, 11) is 0. The van der Waals surface area contributed by atoms with Crippen LogP contribution < -0.4 is 11.3 Å². The highest BCUT2D eigenvalue weighted by atomic mass is 32.1. The maximum Gasteiger partial charge on any atom is 0.123 e. The summed E-state index contributed by atoms with van der Waals surface area (Å²) in [5.74, 6) is 5.32. The van der Waals surface area contributed by atoms with Crippen LogP contribution in [0.4, 0.5) is 4.39 Å². The van der Waals surface area contributed by atoms with Gasteiger partial charge >= 0.3 is 0 Å². The van der Waals surface area contributed by atoms with Crippen molar-refractivity contribution in [3.8, 4) is 0 Å². The van der Waals surface area contributed by atoms with E-state index in [1.54, 1.807) is 17.4 Å². The molecule has 0 saturated carbocycles. The third-order valence-electron chi connectivity index (χ3n) is 2.68. The Morgan fingerprint density at radius 3 is 3.00 bits per heavy atom. The van der Waals surface area contributed by atoms with Gasteiger partial charge in [0.25, 0.3) is 0 Å². The van der Waals surface area contributed by atoms with E-state index >= 15 is 0 Å². The van der Waals surface area contributed by atoms with Crippen molar-refractivity contribution in [1.82, 2.24) is 5.43 Å². The number of ether oxygens (including phenoxy) is 1. The predicted molar refractivity (Wildman–Crippen MR) is 73.0 cm³/mol. The minimum absolute atomic E-state index is 0.0444. The average molecular weight is 268 g/mol. The van der Waals surface area contributed by atoms with Crippen molar-refractivity contribution in [2.24, 2.45) is 5.84 Å². The van der Waals surface area contributed by atoms with Crippen LogP contribution in [-0.4, -0.2) is 13.2 Å². The van der Waals surface area contributed by atoms with Gasteiger partial charge in [0.05, 0.1) is 12.6 Å². The Morgan fingerprint density at radius 1 is 1.44 bits per heavy atom. The molecule has 0 amide bonds. The Bertz CT molecular complexity index is 515. The van der Waals surface area contributed by atoms with Gasteiger partial charge in [0.2, 0.25) is 0 Å². The minimum Gasteiger partial charge on any atom is -0.379 e. The molecule has 1 atom stereocenters. The highest BCUT2D eigenvalue weighted by Gasteiger charge is 2.13. The van der Waals surface area contributed by atoms with E-state index < -0.39 is 0 Å². The molecule has 0 spiro atoms. The molecule has 2 aromatic rings. The number of benzene rings is 1. The molecule has 0 aliphatic heterocycles. The van der Waals surface area contributed by atoms with Crippen LogP contribution in [0, 0.1) is 5.82 Å². The van der Waals surface area contributed by atoms with Gasteiger partial charge in [0, 0.05) is 16.2 Å². The second kappa shape index (κ2) is 6.24. The second-order valence-electron chi connectivity index (χ2n) is 4.13. The minimum atomic E-state index is -0.216. The maximum atomic E-state index is 13.1. The first-order valence-corrected chi connectivity index (χ1v) is 6.79. The van der Waals surface area contributed by atoms with E-state index in [1.807, 2.05) is 6.07 Å². The standard InChI is InChI=1S/C13H17FN2OS/c1-2-5-17-8-11(16-15)13-7-9-6-10(14)3-4-12(9)18-13/h3-4,6-7,11,16H,2,5,8,15H2,1H3. The van der Waals surface area contributed by atoms with Crippen molar-refractivity contribution in [1.29, 1.82) is 0 Å². The van der Waals surface area contributed by atoms with Crippen LogP contribution in [-0.2, 0) is 4.74 Å². The molecular formula is C13H17FN2OS. The van der Waals surface area contributed by atoms with Crippen molar-refractivity contribution in [3.63, 3.8) is 0 Å². The van der Waals surface area contributed by atoms with Gasteiger partial charge in [-0.15, -0.1) is 11.3 Å². The molecule has 0 radical (unpaired) electrons. The third-order valence-corrected chi connectivity index (χ3v) is 3.90. The van der Waals surface area contributed by atoms with Gasteiger partial charge in [0.15, 0.2) is 0 Å². The lowest BCUT2D eigenvalue weighted by Crippen LogP contribution is -2.30. The third kappa shape index (κ3) is 3.05. The summed E-state index contributed by atoms with van der Waals surface area (Å²) in [5, 5.41) is 0.908. The average Bonchev–Trinajstić information content (AvgIpc) is 2.77. The number of halogens is 1. The zero-order valence-corrected chi connectivity index (χ0v) is 11.1. The zero-order chi connectivity index (χ0) is 13.0. The lowest BCUT2D eigenvalue weighted by molar-refractivity contribution is 0.113. The van der Waals surface area contributed by atoms with Crippen LogP contribution >= 0.6 is 11.3 Å². The van der Waals surface area contributed by atoms with Gasteiger partial charge < -0.3 is 4.74 Å². The fourth-order valence-corrected chi connectivity index (χ4v) is 2.85. The number of rotatable bonds is 6. The fourth-order valence-electron chi connectivity index (χ4n) is 1.76. The summed E-state index contributed by atoms with van der Waals surface area (Å²) >= 11 is 1.61. The number of nitrogens with one attached hydrogen (secondary N) is 1. The first kappa shape index (κ1) is 13.4. The van der Waals surface area contributed by atoms with Crippen molar-refractivity contribution in [2.45, 2.75) is 19.4 Å². The van der Waals surface area contributed by atoms with Crippen LogP contribution in [0.2, 0.25) is 0 Å². The molecule has 1 aromatic carbocycles. The molecule has 1 unspecified atom stereocenters. The fraction of sp³-hybridized carbons (Fsp3) is 0.385. The van der Waals surface area contributed by atoms with Crippen molar-refractivity contribution in [2.75, 3.05) is 13.2 Å². The molecule has 98 valence electrons. The molecule has 0 aliphatic carbocycles.